The Hall–Kier alpha value is -2.80. The number of rotatable bonds is 5. The minimum atomic E-state index is -0.773. The van der Waals surface area contributed by atoms with Gasteiger partial charge in [-0.3, -0.25) is 9.59 Å². The highest BCUT2D eigenvalue weighted by molar-refractivity contribution is 9.10. The Morgan fingerprint density at radius 3 is 2.77 bits per heavy atom. The molecule has 2 amide bonds. The number of H-pyrrole nitrogens is 1. The first-order valence-electron chi connectivity index (χ1n) is 8.05. The highest BCUT2D eigenvalue weighted by atomic mass is 79.9. The lowest BCUT2D eigenvalue weighted by Gasteiger charge is -2.18. The molecule has 1 heterocycles. The van der Waals surface area contributed by atoms with E-state index in [1.807, 2.05) is 30.5 Å². The number of hydrogen-bond donors (Lipinski definition) is 4. The third kappa shape index (κ3) is 4.05. The molecule has 1 atom stereocenters. The van der Waals surface area contributed by atoms with Crippen molar-refractivity contribution in [2.24, 2.45) is 0 Å². The largest absolute Gasteiger partial charge is 0.506 e. The molecule has 0 saturated carbocycles. The summed E-state index contributed by atoms with van der Waals surface area (Å²) in [4.78, 5) is 27.4. The lowest BCUT2D eigenvalue weighted by atomic mass is 10.0. The molecule has 0 aliphatic rings. The summed E-state index contributed by atoms with van der Waals surface area (Å²) < 4.78 is 0.721. The van der Waals surface area contributed by atoms with E-state index in [-0.39, 0.29) is 17.3 Å². The van der Waals surface area contributed by atoms with Gasteiger partial charge in [-0.2, -0.15) is 0 Å². The Morgan fingerprint density at radius 2 is 2.00 bits per heavy atom. The molecule has 134 valence electrons. The topological polar surface area (TPSA) is 94.2 Å². The number of aromatic amines is 1. The van der Waals surface area contributed by atoms with Crippen molar-refractivity contribution in [2.45, 2.75) is 19.4 Å². The number of amides is 2. The highest BCUT2D eigenvalue weighted by Gasteiger charge is 2.22. The van der Waals surface area contributed by atoms with Crippen molar-refractivity contribution in [1.82, 2.24) is 10.3 Å². The van der Waals surface area contributed by atoms with Crippen molar-refractivity contribution in [3.63, 3.8) is 0 Å². The fourth-order valence-corrected chi connectivity index (χ4v) is 3.16. The molecule has 0 saturated heterocycles. The molecule has 0 unspecified atom stereocenters. The Morgan fingerprint density at radius 1 is 1.23 bits per heavy atom. The van der Waals surface area contributed by atoms with Crippen LogP contribution < -0.4 is 10.6 Å². The zero-order chi connectivity index (χ0) is 18.7. The van der Waals surface area contributed by atoms with E-state index < -0.39 is 11.9 Å². The summed E-state index contributed by atoms with van der Waals surface area (Å²) >= 11 is 3.30. The maximum atomic E-state index is 12.7. The summed E-state index contributed by atoms with van der Waals surface area (Å²) in [5, 5.41) is 16.3. The summed E-state index contributed by atoms with van der Waals surface area (Å²) in [6, 6.07) is 11.7. The quantitative estimate of drug-likeness (QED) is 0.481. The van der Waals surface area contributed by atoms with Crippen molar-refractivity contribution in [2.75, 3.05) is 5.32 Å². The number of anilines is 1. The molecular weight excluding hydrogens is 398 g/mol. The zero-order valence-electron chi connectivity index (χ0n) is 14.0. The zero-order valence-corrected chi connectivity index (χ0v) is 15.6. The molecule has 0 radical (unpaired) electrons. The first-order chi connectivity index (χ1) is 12.4. The number of halogens is 1. The van der Waals surface area contributed by atoms with Crippen molar-refractivity contribution in [3.8, 4) is 5.75 Å². The van der Waals surface area contributed by atoms with Crippen LogP contribution >= 0.6 is 15.9 Å². The van der Waals surface area contributed by atoms with Crippen molar-refractivity contribution in [1.29, 1.82) is 0 Å². The summed E-state index contributed by atoms with van der Waals surface area (Å²) in [6.07, 6.45) is 2.16. The number of benzene rings is 2. The van der Waals surface area contributed by atoms with Gasteiger partial charge in [0.2, 0.25) is 11.8 Å². The normalized spacial score (nSPS) is 11.9. The molecule has 2 aromatic carbocycles. The van der Waals surface area contributed by atoms with Crippen molar-refractivity contribution >= 4 is 44.3 Å². The van der Waals surface area contributed by atoms with E-state index in [4.69, 9.17) is 0 Å². The minimum Gasteiger partial charge on any atom is -0.506 e. The average Bonchev–Trinajstić information content (AvgIpc) is 3.00. The molecule has 3 rings (SSSR count). The van der Waals surface area contributed by atoms with E-state index in [9.17, 15) is 14.7 Å². The Bertz CT molecular complexity index is 968. The van der Waals surface area contributed by atoms with Crippen LogP contribution in [-0.4, -0.2) is 27.9 Å². The Kier molecular flexibility index (Phi) is 5.27. The van der Waals surface area contributed by atoms with Gasteiger partial charge in [-0.1, -0.05) is 34.1 Å². The van der Waals surface area contributed by atoms with Crippen LogP contribution in [-0.2, 0) is 16.0 Å². The summed E-state index contributed by atoms with van der Waals surface area (Å²) in [6.45, 7) is 1.37. The fourth-order valence-electron chi connectivity index (χ4n) is 2.80. The molecule has 7 heteroatoms. The van der Waals surface area contributed by atoms with Gasteiger partial charge in [0.15, 0.2) is 0 Å². The monoisotopic (exact) mass is 415 g/mol. The maximum Gasteiger partial charge on any atom is 0.247 e. The van der Waals surface area contributed by atoms with Gasteiger partial charge in [0.25, 0.3) is 0 Å². The van der Waals surface area contributed by atoms with Crippen LogP contribution in [0.15, 0.2) is 53.1 Å². The molecular formula is C19H18BrN3O3. The molecule has 0 bridgehead atoms. The second-order valence-corrected chi connectivity index (χ2v) is 6.88. The number of nitrogens with one attached hydrogen (secondary N) is 3. The van der Waals surface area contributed by atoms with E-state index in [2.05, 4.69) is 31.5 Å². The lowest BCUT2D eigenvalue weighted by molar-refractivity contribution is -0.125. The molecule has 6 nitrogen and oxygen atoms in total. The van der Waals surface area contributed by atoms with E-state index in [1.165, 1.54) is 13.0 Å². The van der Waals surface area contributed by atoms with Gasteiger partial charge in [-0.05, 0) is 29.8 Å². The average molecular weight is 416 g/mol. The molecule has 1 aromatic heterocycles. The van der Waals surface area contributed by atoms with E-state index >= 15 is 0 Å². The lowest BCUT2D eigenvalue weighted by Crippen LogP contribution is -2.44. The predicted octanol–water partition coefficient (Wildman–Crippen LogP) is 3.32. The van der Waals surface area contributed by atoms with Crippen molar-refractivity contribution in [3.05, 3.63) is 58.7 Å². The van der Waals surface area contributed by atoms with Gasteiger partial charge in [-0.25, -0.2) is 0 Å². The maximum absolute atomic E-state index is 12.7. The van der Waals surface area contributed by atoms with Gasteiger partial charge in [0.1, 0.15) is 11.8 Å². The Balaban J connectivity index is 1.84. The van der Waals surface area contributed by atoms with Gasteiger partial charge >= 0.3 is 0 Å². The molecule has 0 fully saturated rings. The predicted molar refractivity (Wildman–Crippen MR) is 104 cm³/mol. The molecule has 0 aliphatic heterocycles. The van der Waals surface area contributed by atoms with Crippen LogP contribution in [0.25, 0.3) is 10.9 Å². The van der Waals surface area contributed by atoms with Crippen LogP contribution in [0, 0.1) is 0 Å². The highest BCUT2D eigenvalue weighted by Crippen LogP contribution is 2.27. The number of phenolic OH excluding ortho intramolecular Hbond substituents is 1. The number of aromatic nitrogens is 1. The van der Waals surface area contributed by atoms with E-state index in [0.717, 1.165) is 20.9 Å². The molecule has 3 aromatic rings. The van der Waals surface area contributed by atoms with Crippen LogP contribution in [0.2, 0.25) is 0 Å². The Labute approximate surface area is 158 Å². The third-order valence-corrected chi connectivity index (χ3v) is 4.50. The third-order valence-electron chi connectivity index (χ3n) is 4.01. The summed E-state index contributed by atoms with van der Waals surface area (Å²) in [7, 11) is 0. The van der Waals surface area contributed by atoms with Gasteiger partial charge < -0.3 is 20.7 Å². The minimum absolute atomic E-state index is 0.0461. The smallest absolute Gasteiger partial charge is 0.247 e. The summed E-state index contributed by atoms with van der Waals surface area (Å²) in [5.74, 6) is -0.752. The number of phenols is 1. The van der Waals surface area contributed by atoms with Gasteiger partial charge in [-0.15, -0.1) is 0 Å². The number of para-hydroxylation sites is 1. The van der Waals surface area contributed by atoms with E-state index in [0.29, 0.717) is 6.42 Å². The SMILES string of the molecule is CC(=O)N[C@H](Cc1c[nH]c2ccccc12)C(=O)Nc1cc(Br)ccc1O. The molecule has 0 spiro atoms. The summed E-state index contributed by atoms with van der Waals surface area (Å²) in [5.41, 5.74) is 2.17. The number of carbonyl (C=O) groups is 2. The van der Waals surface area contributed by atoms with Gasteiger partial charge in [0, 0.05) is 34.9 Å². The second kappa shape index (κ2) is 7.61. The van der Waals surface area contributed by atoms with Crippen LogP contribution in [0.3, 0.4) is 0 Å². The fraction of sp³-hybridized carbons (Fsp3) is 0.158. The standard InChI is InChI=1S/C19H18BrN3O3/c1-11(24)22-17(8-12-10-21-15-5-3-2-4-14(12)15)19(26)23-16-9-13(20)6-7-18(16)25/h2-7,9-10,17,21,25H,8H2,1H3,(H,22,24)(H,23,26)/t17-/m1/s1. The number of fused-ring (bicyclic) bond motifs is 1. The van der Waals surface area contributed by atoms with Crippen LogP contribution in [0.5, 0.6) is 5.75 Å². The molecule has 26 heavy (non-hydrogen) atoms. The number of aromatic hydroxyl groups is 1. The van der Waals surface area contributed by atoms with Gasteiger partial charge in [0.05, 0.1) is 5.69 Å². The van der Waals surface area contributed by atoms with Crippen LogP contribution in [0.4, 0.5) is 5.69 Å². The number of hydrogen-bond acceptors (Lipinski definition) is 3. The first kappa shape index (κ1) is 18.0. The first-order valence-corrected chi connectivity index (χ1v) is 8.85. The van der Waals surface area contributed by atoms with Crippen LogP contribution in [0.1, 0.15) is 12.5 Å². The second-order valence-electron chi connectivity index (χ2n) is 5.97. The van der Waals surface area contributed by atoms with Crippen molar-refractivity contribution < 1.29 is 14.7 Å². The molecule has 4 N–H and O–H groups in total. The molecule has 0 aliphatic carbocycles. The number of carbonyl (C=O) groups excluding carboxylic acids is 2. The van der Waals surface area contributed by atoms with E-state index in [1.54, 1.807) is 12.1 Å².